The summed E-state index contributed by atoms with van der Waals surface area (Å²) >= 11 is 0. The third kappa shape index (κ3) is 3.40. The molecule has 3 aromatic rings. The standard InChI is InChI=1S/C18H21N7O2/c1-23-9-13(7-8-17(23)26)18-21-16(10-24-12-19-11-20-24)22-25(18)14-5-3-4-6-15(14)27-2/h3-6,11-13H,7-10H2,1-2H3. The summed E-state index contributed by atoms with van der Waals surface area (Å²) in [5, 5.41) is 8.85. The summed E-state index contributed by atoms with van der Waals surface area (Å²) in [5.41, 5.74) is 0.826. The van der Waals surface area contributed by atoms with Crippen LogP contribution in [0.15, 0.2) is 36.9 Å². The minimum atomic E-state index is 0.106. The number of amides is 1. The van der Waals surface area contributed by atoms with Gasteiger partial charge in [-0.1, -0.05) is 12.1 Å². The van der Waals surface area contributed by atoms with Crippen LogP contribution in [0.5, 0.6) is 5.75 Å². The number of likely N-dealkylation sites (N-methyl/N-ethyl adjacent to an activating group) is 1. The molecule has 2 aromatic heterocycles. The highest BCUT2D eigenvalue weighted by Crippen LogP contribution is 2.30. The minimum absolute atomic E-state index is 0.106. The fraction of sp³-hybridized carbons (Fsp3) is 0.389. The Morgan fingerprint density at radius 2 is 2.15 bits per heavy atom. The molecule has 3 heterocycles. The fourth-order valence-corrected chi connectivity index (χ4v) is 3.36. The van der Waals surface area contributed by atoms with E-state index in [4.69, 9.17) is 14.8 Å². The van der Waals surface area contributed by atoms with Crippen molar-refractivity contribution in [3.05, 3.63) is 48.6 Å². The molecule has 27 heavy (non-hydrogen) atoms. The van der Waals surface area contributed by atoms with Crippen LogP contribution in [0.4, 0.5) is 0 Å². The lowest BCUT2D eigenvalue weighted by Crippen LogP contribution is -2.36. The second kappa shape index (κ2) is 7.18. The van der Waals surface area contributed by atoms with Gasteiger partial charge in [0, 0.05) is 25.9 Å². The summed E-state index contributed by atoms with van der Waals surface area (Å²) in [6.07, 6.45) is 4.38. The van der Waals surface area contributed by atoms with E-state index in [0.29, 0.717) is 25.3 Å². The van der Waals surface area contributed by atoms with Crippen molar-refractivity contribution in [3.63, 3.8) is 0 Å². The number of piperidine rings is 1. The first-order valence-corrected chi connectivity index (χ1v) is 8.81. The molecule has 1 amide bonds. The van der Waals surface area contributed by atoms with Gasteiger partial charge < -0.3 is 9.64 Å². The largest absolute Gasteiger partial charge is 0.494 e. The normalized spacial score (nSPS) is 17.3. The lowest BCUT2D eigenvalue weighted by molar-refractivity contribution is -0.132. The second-order valence-electron chi connectivity index (χ2n) is 6.57. The van der Waals surface area contributed by atoms with Crippen molar-refractivity contribution in [2.75, 3.05) is 20.7 Å². The number of hydrogen-bond donors (Lipinski definition) is 0. The summed E-state index contributed by atoms with van der Waals surface area (Å²) in [4.78, 5) is 22.4. The third-order valence-corrected chi connectivity index (χ3v) is 4.75. The molecule has 0 radical (unpaired) electrons. The van der Waals surface area contributed by atoms with Gasteiger partial charge in [-0.15, -0.1) is 5.10 Å². The molecular formula is C18H21N7O2. The summed E-state index contributed by atoms with van der Waals surface area (Å²) < 4.78 is 9.03. The van der Waals surface area contributed by atoms with Crippen molar-refractivity contribution < 1.29 is 9.53 Å². The molecule has 1 saturated heterocycles. The van der Waals surface area contributed by atoms with Crippen molar-refractivity contribution in [3.8, 4) is 11.4 Å². The van der Waals surface area contributed by atoms with Gasteiger partial charge in [-0.25, -0.2) is 19.3 Å². The molecule has 1 aromatic carbocycles. The predicted molar refractivity (Wildman–Crippen MR) is 96.6 cm³/mol. The Bertz CT molecular complexity index is 935. The first-order chi connectivity index (χ1) is 13.2. The third-order valence-electron chi connectivity index (χ3n) is 4.75. The van der Waals surface area contributed by atoms with E-state index in [9.17, 15) is 4.79 Å². The van der Waals surface area contributed by atoms with Gasteiger partial charge in [0.15, 0.2) is 5.82 Å². The van der Waals surface area contributed by atoms with E-state index >= 15 is 0 Å². The highest BCUT2D eigenvalue weighted by atomic mass is 16.5. The molecular weight excluding hydrogens is 346 g/mol. The first kappa shape index (κ1) is 17.2. The van der Waals surface area contributed by atoms with E-state index in [1.54, 1.807) is 23.0 Å². The predicted octanol–water partition coefficient (Wildman–Crippen LogP) is 1.25. The summed E-state index contributed by atoms with van der Waals surface area (Å²) in [6, 6.07) is 7.71. The zero-order valence-corrected chi connectivity index (χ0v) is 15.3. The van der Waals surface area contributed by atoms with Gasteiger partial charge in [0.2, 0.25) is 5.91 Å². The molecule has 0 bridgehead atoms. The van der Waals surface area contributed by atoms with E-state index in [1.807, 2.05) is 36.0 Å². The van der Waals surface area contributed by atoms with Crippen molar-refractivity contribution in [1.82, 2.24) is 34.4 Å². The van der Waals surface area contributed by atoms with Crippen LogP contribution in [0.25, 0.3) is 5.69 Å². The first-order valence-electron chi connectivity index (χ1n) is 8.81. The van der Waals surface area contributed by atoms with Crippen molar-refractivity contribution in [2.24, 2.45) is 0 Å². The quantitative estimate of drug-likeness (QED) is 0.674. The van der Waals surface area contributed by atoms with Crippen LogP contribution in [0.2, 0.25) is 0 Å². The van der Waals surface area contributed by atoms with Crippen LogP contribution >= 0.6 is 0 Å². The van der Waals surface area contributed by atoms with Gasteiger partial charge in [-0.2, -0.15) is 5.10 Å². The molecule has 1 unspecified atom stereocenters. The monoisotopic (exact) mass is 367 g/mol. The summed E-state index contributed by atoms with van der Waals surface area (Å²) in [5.74, 6) is 2.46. The Morgan fingerprint density at radius 1 is 1.30 bits per heavy atom. The van der Waals surface area contributed by atoms with Crippen LogP contribution in [-0.4, -0.2) is 61.0 Å². The average molecular weight is 367 g/mol. The molecule has 0 N–H and O–H groups in total. The lowest BCUT2D eigenvalue weighted by atomic mass is 9.97. The smallest absolute Gasteiger partial charge is 0.222 e. The van der Waals surface area contributed by atoms with E-state index in [0.717, 1.165) is 23.7 Å². The number of likely N-dealkylation sites (tertiary alicyclic amines) is 1. The molecule has 1 fully saturated rings. The lowest BCUT2D eigenvalue weighted by Gasteiger charge is -2.29. The number of ether oxygens (including phenoxy) is 1. The zero-order valence-electron chi connectivity index (χ0n) is 15.3. The Morgan fingerprint density at radius 3 is 2.89 bits per heavy atom. The number of para-hydroxylation sites is 2. The molecule has 9 heteroatoms. The molecule has 0 aliphatic carbocycles. The van der Waals surface area contributed by atoms with Crippen LogP contribution in [0, 0.1) is 0 Å². The Hall–Kier alpha value is -3.23. The number of methoxy groups -OCH3 is 1. The second-order valence-corrected chi connectivity index (χ2v) is 6.57. The summed E-state index contributed by atoms with van der Waals surface area (Å²) in [6.45, 7) is 1.05. The molecule has 1 atom stereocenters. The molecule has 1 aliphatic rings. The van der Waals surface area contributed by atoms with Gasteiger partial charge in [-0.3, -0.25) is 4.79 Å². The fourth-order valence-electron chi connectivity index (χ4n) is 3.36. The van der Waals surface area contributed by atoms with E-state index in [1.165, 1.54) is 6.33 Å². The highest BCUT2D eigenvalue weighted by Gasteiger charge is 2.29. The van der Waals surface area contributed by atoms with Crippen molar-refractivity contribution in [1.29, 1.82) is 0 Å². The van der Waals surface area contributed by atoms with E-state index in [2.05, 4.69) is 10.1 Å². The number of rotatable bonds is 5. The van der Waals surface area contributed by atoms with E-state index in [-0.39, 0.29) is 11.8 Å². The number of hydrogen-bond acceptors (Lipinski definition) is 6. The zero-order chi connectivity index (χ0) is 18.8. The number of aromatic nitrogens is 6. The van der Waals surface area contributed by atoms with Crippen LogP contribution in [0.3, 0.4) is 0 Å². The number of carbonyl (C=O) groups excluding carboxylic acids is 1. The van der Waals surface area contributed by atoms with E-state index < -0.39 is 0 Å². The van der Waals surface area contributed by atoms with Crippen LogP contribution in [-0.2, 0) is 11.3 Å². The van der Waals surface area contributed by atoms with Gasteiger partial charge in [-0.05, 0) is 18.6 Å². The Labute approximate surface area is 156 Å². The van der Waals surface area contributed by atoms with Crippen LogP contribution < -0.4 is 4.74 Å². The molecule has 0 spiro atoms. The van der Waals surface area contributed by atoms with Crippen molar-refractivity contribution in [2.45, 2.75) is 25.3 Å². The molecule has 1 aliphatic heterocycles. The van der Waals surface area contributed by atoms with Gasteiger partial charge in [0.05, 0.1) is 7.11 Å². The van der Waals surface area contributed by atoms with Gasteiger partial charge in [0.1, 0.15) is 36.5 Å². The maximum absolute atomic E-state index is 11.9. The number of carbonyl (C=O) groups is 1. The number of nitrogens with zero attached hydrogens (tertiary/aromatic N) is 7. The molecule has 140 valence electrons. The van der Waals surface area contributed by atoms with Gasteiger partial charge in [0.25, 0.3) is 0 Å². The maximum Gasteiger partial charge on any atom is 0.222 e. The maximum atomic E-state index is 11.9. The topological polar surface area (TPSA) is 91.0 Å². The Balaban J connectivity index is 1.75. The van der Waals surface area contributed by atoms with Crippen molar-refractivity contribution >= 4 is 5.91 Å². The molecule has 9 nitrogen and oxygen atoms in total. The highest BCUT2D eigenvalue weighted by molar-refractivity contribution is 5.76. The molecule has 4 rings (SSSR count). The SMILES string of the molecule is COc1ccccc1-n1nc(Cn2cncn2)nc1C1CCC(=O)N(C)C1. The molecule has 0 saturated carbocycles. The number of benzene rings is 1. The van der Waals surface area contributed by atoms with Gasteiger partial charge >= 0.3 is 0 Å². The van der Waals surface area contributed by atoms with Crippen LogP contribution in [0.1, 0.15) is 30.4 Å². The summed E-state index contributed by atoms with van der Waals surface area (Å²) in [7, 11) is 3.47. The Kier molecular flexibility index (Phi) is 4.57. The minimum Gasteiger partial charge on any atom is -0.494 e. The average Bonchev–Trinajstić information content (AvgIpc) is 3.34.